The van der Waals surface area contributed by atoms with Gasteiger partial charge in [0.05, 0.1) is 6.20 Å². The van der Waals surface area contributed by atoms with Crippen LogP contribution in [-0.4, -0.2) is 33.8 Å². The summed E-state index contributed by atoms with van der Waals surface area (Å²) >= 11 is 1.58. The molecular formula is C20H23N5OS. The number of aromatic nitrogens is 3. The number of para-hydroxylation sites is 1. The number of nitrogens with zero attached hydrogens (tertiary/aromatic N) is 4. The molecule has 1 aromatic carbocycles. The van der Waals surface area contributed by atoms with Gasteiger partial charge in [-0.3, -0.25) is 9.48 Å². The smallest absolute Gasteiger partial charge is 0.277 e. The molecule has 4 rings (SSSR count). The minimum atomic E-state index is -0.160. The molecule has 3 aromatic rings. The molecule has 1 N–H and O–H groups in total. The fourth-order valence-electron chi connectivity index (χ4n) is 3.25. The predicted octanol–water partition coefficient (Wildman–Crippen LogP) is 4.27. The van der Waals surface area contributed by atoms with E-state index in [0.717, 1.165) is 53.7 Å². The van der Waals surface area contributed by atoms with E-state index in [1.54, 1.807) is 11.3 Å². The molecule has 1 aliphatic rings. The Morgan fingerprint density at radius 3 is 2.67 bits per heavy atom. The van der Waals surface area contributed by atoms with Gasteiger partial charge in [0.1, 0.15) is 10.0 Å². The van der Waals surface area contributed by atoms with Gasteiger partial charge < -0.3 is 10.2 Å². The van der Waals surface area contributed by atoms with Crippen molar-refractivity contribution in [2.45, 2.75) is 32.7 Å². The summed E-state index contributed by atoms with van der Waals surface area (Å²) in [6.45, 7) is 4.81. The van der Waals surface area contributed by atoms with E-state index in [0.29, 0.717) is 5.69 Å². The Hall–Kier alpha value is -2.67. The number of aryl methyl sites for hydroxylation is 1. The topological polar surface area (TPSA) is 63.1 Å². The number of amides is 1. The number of anilines is 2. The minimum absolute atomic E-state index is 0.160. The molecule has 1 aliphatic heterocycles. The van der Waals surface area contributed by atoms with E-state index in [4.69, 9.17) is 4.98 Å². The van der Waals surface area contributed by atoms with E-state index in [2.05, 4.69) is 22.2 Å². The quantitative estimate of drug-likeness (QED) is 0.717. The molecule has 0 atom stereocenters. The first-order chi connectivity index (χ1) is 13.2. The van der Waals surface area contributed by atoms with Crippen LogP contribution in [0.3, 0.4) is 0 Å². The molecular weight excluding hydrogens is 358 g/mol. The van der Waals surface area contributed by atoms with Crippen molar-refractivity contribution in [2.75, 3.05) is 23.3 Å². The standard InChI is InChI=1S/C20H23N5OS/c1-2-25-14-15(13-21-25)19-23-17(18(26)22-16-9-5-3-6-10-16)20(27-19)24-11-7-4-8-12-24/h3,5-6,9-10,13-14H,2,4,7-8,11-12H2,1H3,(H,22,26). The summed E-state index contributed by atoms with van der Waals surface area (Å²) in [4.78, 5) is 20.0. The first kappa shape index (κ1) is 17.7. The van der Waals surface area contributed by atoms with Crippen LogP contribution in [0.15, 0.2) is 42.7 Å². The molecule has 0 aliphatic carbocycles. The molecule has 0 bridgehead atoms. The van der Waals surface area contributed by atoms with Gasteiger partial charge in [0.15, 0.2) is 5.69 Å². The Morgan fingerprint density at radius 1 is 1.19 bits per heavy atom. The Bertz CT molecular complexity index is 912. The van der Waals surface area contributed by atoms with Crippen molar-refractivity contribution >= 4 is 27.9 Å². The van der Waals surface area contributed by atoms with Crippen LogP contribution in [0.25, 0.3) is 10.6 Å². The Labute approximate surface area is 162 Å². The number of rotatable bonds is 5. The molecule has 0 unspecified atom stereocenters. The molecule has 7 heteroatoms. The number of piperidine rings is 1. The first-order valence-electron chi connectivity index (χ1n) is 9.39. The fraction of sp³-hybridized carbons (Fsp3) is 0.350. The average molecular weight is 382 g/mol. The maximum absolute atomic E-state index is 13.0. The molecule has 140 valence electrons. The van der Waals surface area contributed by atoms with Crippen LogP contribution in [0.1, 0.15) is 36.7 Å². The van der Waals surface area contributed by atoms with Crippen LogP contribution in [0, 0.1) is 0 Å². The lowest BCUT2D eigenvalue weighted by atomic mass is 10.1. The second kappa shape index (κ2) is 7.92. The third-order valence-electron chi connectivity index (χ3n) is 4.70. The number of nitrogens with one attached hydrogen (secondary N) is 1. The molecule has 27 heavy (non-hydrogen) atoms. The van der Waals surface area contributed by atoms with Crippen molar-refractivity contribution in [3.05, 3.63) is 48.4 Å². The molecule has 0 radical (unpaired) electrons. The van der Waals surface area contributed by atoms with E-state index in [1.165, 1.54) is 6.42 Å². The Balaban J connectivity index is 1.68. The molecule has 6 nitrogen and oxygen atoms in total. The number of carbonyl (C=O) groups is 1. The van der Waals surface area contributed by atoms with Gasteiger partial charge in [0.2, 0.25) is 0 Å². The second-order valence-electron chi connectivity index (χ2n) is 6.63. The molecule has 1 saturated heterocycles. The number of hydrogen-bond donors (Lipinski definition) is 1. The normalized spacial score (nSPS) is 14.3. The molecule has 2 aromatic heterocycles. The zero-order chi connectivity index (χ0) is 18.6. The van der Waals surface area contributed by atoms with Crippen molar-refractivity contribution in [1.29, 1.82) is 0 Å². The molecule has 0 saturated carbocycles. The maximum atomic E-state index is 13.0. The third-order valence-corrected chi connectivity index (χ3v) is 5.87. The number of benzene rings is 1. The second-order valence-corrected chi connectivity index (χ2v) is 7.60. The molecule has 1 fully saturated rings. The van der Waals surface area contributed by atoms with Gasteiger partial charge in [0, 0.05) is 37.1 Å². The zero-order valence-corrected chi connectivity index (χ0v) is 16.2. The highest BCUT2D eigenvalue weighted by Crippen LogP contribution is 2.36. The van der Waals surface area contributed by atoms with Gasteiger partial charge in [-0.05, 0) is 38.3 Å². The molecule has 3 heterocycles. The van der Waals surface area contributed by atoms with E-state index in [-0.39, 0.29) is 5.91 Å². The van der Waals surface area contributed by atoms with Crippen LogP contribution in [0.2, 0.25) is 0 Å². The van der Waals surface area contributed by atoms with Crippen LogP contribution in [0.5, 0.6) is 0 Å². The summed E-state index contributed by atoms with van der Waals surface area (Å²) in [5, 5.41) is 9.12. The van der Waals surface area contributed by atoms with Gasteiger partial charge in [-0.1, -0.05) is 29.5 Å². The van der Waals surface area contributed by atoms with Crippen LogP contribution in [0.4, 0.5) is 10.7 Å². The summed E-state index contributed by atoms with van der Waals surface area (Å²) in [6.07, 6.45) is 7.36. The summed E-state index contributed by atoms with van der Waals surface area (Å²) < 4.78 is 1.88. The van der Waals surface area contributed by atoms with E-state index < -0.39 is 0 Å². The van der Waals surface area contributed by atoms with Crippen molar-refractivity contribution in [3.63, 3.8) is 0 Å². The lowest BCUT2D eigenvalue weighted by Crippen LogP contribution is -2.30. The van der Waals surface area contributed by atoms with Crippen molar-refractivity contribution < 1.29 is 4.79 Å². The van der Waals surface area contributed by atoms with Crippen molar-refractivity contribution in [3.8, 4) is 10.6 Å². The van der Waals surface area contributed by atoms with Gasteiger partial charge in [-0.2, -0.15) is 5.10 Å². The van der Waals surface area contributed by atoms with Crippen LogP contribution >= 0.6 is 11.3 Å². The summed E-state index contributed by atoms with van der Waals surface area (Å²) in [7, 11) is 0. The predicted molar refractivity (Wildman–Crippen MR) is 109 cm³/mol. The monoisotopic (exact) mass is 381 g/mol. The fourth-order valence-corrected chi connectivity index (χ4v) is 4.34. The number of thiazole rings is 1. The third kappa shape index (κ3) is 3.88. The highest BCUT2D eigenvalue weighted by atomic mass is 32.1. The summed E-state index contributed by atoms with van der Waals surface area (Å²) in [6, 6.07) is 9.52. The maximum Gasteiger partial charge on any atom is 0.277 e. The molecule has 0 spiro atoms. The van der Waals surface area contributed by atoms with Gasteiger partial charge in [-0.25, -0.2) is 4.98 Å². The Kier molecular flexibility index (Phi) is 5.20. The lowest BCUT2D eigenvalue weighted by Gasteiger charge is -2.27. The molecule has 1 amide bonds. The Morgan fingerprint density at radius 2 is 1.96 bits per heavy atom. The van der Waals surface area contributed by atoms with Crippen LogP contribution < -0.4 is 10.2 Å². The number of carbonyl (C=O) groups excluding carboxylic acids is 1. The lowest BCUT2D eigenvalue weighted by molar-refractivity contribution is 0.102. The van der Waals surface area contributed by atoms with Gasteiger partial charge in [-0.15, -0.1) is 0 Å². The summed E-state index contributed by atoms with van der Waals surface area (Å²) in [5.41, 5.74) is 2.24. The minimum Gasteiger partial charge on any atom is -0.361 e. The van der Waals surface area contributed by atoms with Crippen molar-refractivity contribution in [1.82, 2.24) is 14.8 Å². The SMILES string of the molecule is CCn1cc(-c2nc(C(=O)Nc3ccccc3)c(N3CCCCC3)s2)cn1. The van der Waals surface area contributed by atoms with E-state index in [1.807, 2.05) is 47.4 Å². The van der Waals surface area contributed by atoms with Crippen molar-refractivity contribution in [2.24, 2.45) is 0 Å². The van der Waals surface area contributed by atoms with E-state index in [9.17, 15) is 4.79 Å². The summed E-state index contributed by atoms with van der Waals surface area (Å²) in [5.74, 6) is -0.160. The van der Waals surface area contributed by atoms with E-state index >= 15 is 0 Å². The number of hydrogen-bond acceptors (Lipinski definition) is 5. The first-order valence-corrected chi connectivity index (χ1v) is 10.2. The van der Waals surface area contributed by atoms with Gasteiger partial charge >= 0.3 is 0 Å². The van der Waals surface area contributed by atoms with Crippen LogP contribution in [-0.2, 0) is 6.54 Å². The largest absolute Gasteiger partial charge is 0.361 e. The average Bonchev–Trinajstić information content (AvgIpc) is 3.36. The zero-order valence-electron chi connectivity index (χ0n) is 15.4. The highest BCUT2D eigenvalue weighted by molar-refractivity contribution is 7.19. The highest BCUT2D eigenvalue weighted by Gasteiger charge is 2.25. The van der Waals surface area contributed by atoms with Gasteiger partial charge in [0.25, 0.3) is 5.91 Å².